The number of hydrogen-bond donors (Lipinski definition) is 1. The third-order valence-corrected chi connectivity index (χ3v) is 4.44. The maximum atomic E-state index is 12.9. The topological polar surface area (TPSA) is 67.9 Å². The number of hydrogen-bond acceptors (Lipinski definition) is 5. The van der Waals surface area contributed by atoms with Crippen molar-refractivity contribution in [1.29, 1.82) is 0 Å². The summed E-state index contributed by atoms with van der Waals surface area (Å²) < 4.78 is 10.4. The highest BCUT2D eigenvalue weighted by Crippen LogP contribution is 2.29. The molecule has 1 aliphatic heterocycles. The molecule has 0 bridgehead atoms. The number of methoxy groups -OCH3 is 2. The molecule has 8 heteroatoms. The van der Waals surface area contributed by atoms with Crippen molar-refractivity contribution in [1.82, 2.24) is 5.32 Å². The van der Waals surface area contributed by atoms with E-state index in [9.17, 15) is 9.59 Å². The van der Waals surface area contributed by atoms with Gasteiger partial charge in [-0.1, -0.05) is 17.7 Å². The molecule has 1 saturated heterocycles. The van der Waals surface area contributed by atoms with Crippen LogP contribution in [0.4, 0.5) is 5.69 Å². The van der Waals surface area contributed by atoms with Crippen LogP contribution in [0.3, 0.4) is 0 Å². The van der Waals surface area contributed by atoms with E-state index in [1.165, 1.54) is 25.2 Å². The Morgan fingerprint density at radius 2 is 1.70 bits per heavy atom. The van der Waals surface area contributed by atoms with E-state index in [1.807, 2.05) is 0 Å². The molecule has 0 saturated carbocycles. The van der Waals surface area contributed by atoms with Crippen molar-refractivity contribution in [2.45, 2.75) is 0 Å². The lowest BCUT2D eigenvalue weighted by molar-refractivity contribution is -0.122. The molecule has 0 aromatic heterocycles. The summed E-state index contributed by atoms with van der Waals surface area (Å²) >= 11 is 11.1. The van der Waals surface area contributed by atoms with E-state index < -0.39 is 11.8 Å². The monoisotopic (exact) mass is 402 g/mol. The highest BCUT2D eigenvalue weighted by atomic mass is 35.5. The zero-order valence-corrected chi connectivity index (χ0v) is 16.1. The summed E-state index contributed by atoms with van der Waals surface area (Å²) in [4.78, 5) is 26.5. The molecular formula is C19H15ClN2O4S. The molecule has 1 heterocycles. The lowest BCUT2D eigenvalue weighted by atomic mass is 10.1. The van der Waals surface area contributed by atoms with Crippen LogP contribution in [0.2, 0.25) is 5.02 Å². The second-order valence-corrected chi connectivity index (χ2v) is 6.37. The summed E-state index contributed by atoms with van der Waals surface area (Å²) in [6.07, 6.45) is 1.48. The molecule has 0 spiro atoms. The fraction of sp³-hybridized carbons (Fsp3) is 0.105. The van der Waals surface area contributed by atoms with E-state index in [0.717, 1.165) is 0 Å². The average molecular weight is 403 g/mol. The first-order chi connectivity index (χ1) is 12.9. The molecular weight excluding hydrogens is 388 g/mol. The first-order valence-electron chi connectivity index (χ1n) is 7.83. The van der Waals surface area contributed by atoms with Crippen molar-refractivity contribution < 1.29 is 19.1 Å². The zero-order chi connectivity index (χ0) is 19.6. The average Bonchev–Trinajstić information content (AvgIpc) is 2.66. The number of nitrogens with zero attached hydrogens (tertiary/aromatic N) is 1. The SMILES string of the molecule is COc1ccc(/C=C2\C(=O)NC(=S)N(c3ccc(Cl)cc3)C2=O)cc1OC. The second-order valence-electron chi connectivity index (χ2n) is 5.55. The lowest BCUT2D eigenvalue weighted by Gasteiger charge is -2.29. The number of carbonyl (C=O) groups is 2. The Labute approximate surface area is 166 Å². The van der Waals surface area contributed by atoms with Crippen molar-refractivity contribution in [3.63, 3.8) is 0 Å². The fourth-order valence-electron chi connectivity index (χ4n) is 2.59. The molecule has 0 atom stereocenters. The third-order valence-electron chi connectivity index (χ3n) is 3.91. The standard InChI is InChI=1S/C19H15ClN2O4S/c1-25-15-8-3-11(10-16(15)26-2)9-14-17(23)21-19(27)22(18(14)24)13-6-4-12(20)5-7-13/h3-10H,1-2H3,(H,21,23,27)/b14-9+. The van der Waals surface area contributed by atoms with Gasteiger partial charge in [0, 0.05) is 5.02 Å². The van der Waals surface area contributed by atoms with Gasteiger partial charge < -0.3 is 9.47 Å². The van der Waals surface area contributed by atoms with Crippen LogP contribution in [0, 0.1) is 0 Å². The Morgan fingerprint density at radius 1 is 1.04 bits per heavy atom. The molecule has 1 N–H and O–H groups in total. The highest BCUT2D eigenvalue weighted by Gasteiger charge is 2.34. The minimum atomic E-state index is -0.565. The number of rotatable bonds is 4. The van der Waals surface area contributed by atoms with Gasteiger partial charge in [-0.2, -0.15) is 0 Å². The summed E-state index contributed by atoms with van der Waals surface area (Å²) in [7, 11) is 3.03. The number of ether oxygens (including phenoxy) is 2. The number of anilines is 1. The Morgan fingerprint density at radius 3 is 2.33 bits per heavy atom. The summed E-state index contributed by atoms with van der Waals surface area (Å²) in [6.45, 7) is 0. The van der Waals surface area contributed by atoms with Crippen molar-refractivity contribution >= 4 is 52.5 Å². The first-order valence-corrected chi connectivity index (χ1v) is 8.62. The van der Waals surface area contributed by atoms with Gasteiger partial charge >= 0.3 is 0 Å². The molecule has 6 nitrogen and oxygen atoms in total. The van der Waals surface area contributed by atoms with Crippen molar-refractivity contribution in [3.05, 3.63) is 58.6 Å². The number of benzene rings is 2. The van der Waals surface area contributed by atoms with Gasteiger partial charge in [-0.25, -0.2) is 0 Å². The van der Waals surface area contributed by atoms with Crippen molar-refractivity contribution in [2.75, 3.05) is 19.1 Å². The van der Waals surface area contributed by atoms with Crippen molar-refractivity contribution in [3.8, 4) is 11.5 Å². The molecule has 27 heavy (non-hydrogen) atoms. The minimum absolute atomic E-state index is 0.0109. The molecule has 0 aliphatic carbocycles. The van der Waals surface area contributed by atoms with Crippen molar-refractivity contribution in [2.24, 2.45) is 0 Å². The van der Waals surface area contributed by atoms with Crippen LogP contribution in [-0.4, -0.2) is 31.1 Å². The molecule has 0 unspecified atom stereocenters. The van der Waals surface area contributed by atoms with E-state index >= 15 is 0 Å². The second kappa shape index (κ2) is 7.77. The van der Waals surface area contributed by atoms with Crippen LogP contribution < -0.4 is 19.7 Å². The number of carbonyl (C=O) groups excluding carboxylic acids is 2. The van der Waals surface area contributed by atoms with Gasteiger partial charge in [0.25, 0.3) is 11.8 Å². The maximum absolute atomic E-state index is 12.9. The number of nitrogens with one attached hydrogen (secondary N) is 1. The largest absolute Gasteiger partial charge is 0.493 e. The molecule has 2 aromatic rings. The zero-order valence-electron chi connectivity index (χ0n) is 14.5. The number of halogens is 1. The van der Waals surface area contributed by atoms with E-state index in [-0.39, 0.29) is 10.7 Å². The predicted octanol–water partition coefficient (Wildman–Crippen LogP) is 3.19. The molecule has 2 amide bonds. The lowest BCUT2D eigenvalue weighted by Crippen LogP contribution is -2.54. The van der Waals surface area contributed by atoms with Crippen LogP contribution in [0.25, 0.3) is 6.08 Å². The van der Waals surface area contributed by atoms with Crippen LogP contribution in [0.15, 0.2) is 48.0 Å². The van der Waals surface area contributed by atoms with Crippen LogP contribution in [0.1, 0.15) is 5.56 Å². The van der Waals surface area contributed by atoms with Gasteiger partial charge in [0.15, 0.2) is 16.6 Å². The number of amides is 2. The van der Waals surface area contributed by atoms with Gasteiger partial charge in [0.1, 0.15) is 5.57 Å². The Bertz CT molecular complexity index is 957. The summed E-state index contributed by atoms with van der Waals surface area (Å²) in [5, 5.41) is 3.07. The van der Waals surface area contributed by atoms with Crippen LogP contribution in [0.5, 0.6) is 11.5 Å². The third kappa shape index (κ3) is 3.79. The molecule has 138 valence electrons. The minimum Gasteiger partial charge on any atom is -0.493 e. The van der Waals surface area contributed by atoms with Gasteiger partial charge in [-0.05, 0) is 60.3 Å². The quantitative estimate of drug-likeness (QED) is 0.483. The van der Waals surface area contributed by atoms with E-state index in [0.29, 0.717) is 27.8 Å². The smallest absolute Gasteiger partial charge is 0.270 e. The Hall–Kier alpha value is -2.90. The molecule has 2 aromatic carbocycles. The van der Waals surface area contributed by atoms with Gasteiger partial charge in [-0.15, -0.1) is 0 Å². The Balaban J connectivity index is 2.00. The first kappa shape index (κ1) is 18.9. The maximum Gasteiger partial charge on any atom is 0.270 e. The molecule has 1 fully saturated rings. The van der Waals surface area contributed by atoms with Crippen LogP contribution >= 0.6 is 23.8 Å². The summed E-state index contributed by atoms with van der Waals surface area (Å²) in [6, 6.07) is 11.7. The highest BCUT2D eigenvalue weighted by molar-refractivity contribution is 7.80. The normalized spacial score (nSPS) is 15.7. The summed E-state index contributed by atoms with van der Waals surface area (Å²) in [5.41, 5.74) is 1.06. The van der Waals surface area contributed by atoms with Gasteiger partial charge in [-0.3, -0.25) is 19.8 Å². The summed E-state index contributed by atoms with van der Waals surface area (Å²) in [5.74, 6) is -0.0607. The molecule has 3 rings (SSSR count). The van der Waals surface area contributed by atoms with E-state index in [4.69, 9.17) is 33.3 Å². The van der Waals surface area contributed by atoms with Gasteiger partial charge in [0.2, 0.25) is 0 Å². The molecule has 0 radical (unpaired) electrons. The van der Waals surface area contributed by atoms with E-state index in [2.05, 4.69) is 5.32 Å². The molecule has 1 aliphatic rings. The van der Waals surface area contributed by atoms with E-state index in [1.54, 1.807) is 42.5 Å². The Kier molecular flexibility index (Phi) is 5.43. The predicted molar refractivity (Wildman–Crippen MR) is 107 cm³/mol. The number of thiocarbonyl (C=S) groups is 1. The van der Waals surface area contributed by atoms with Crippen LogP contribution in [-0.2, 0) is 9.59 Å². The fourth-order valence-corrected chi connectivity index (χ4v) is 3.00. The van der Waals surface area contributed by atoms with Gasteiger partial charge in [0.05, 0.1) is 19.9 Å².